The summed E-state index contributed by atoms with van der Waals surface area (Å²) in [6.45, 7) is 0. The SMILES string of the molecule is COc1cccc(C(=O)N/N=C\C23c4ccccc4C(c4ccccc42)[C@H]2C(=O)N(c4ccc(F)cc4)C(=O)[C@H]23)c1. The van der Waals surface area contributed by atoms with Gasteiger partial charge in [-0.1, -0.05) is 54.6 Å². The molecular weight excluding hydrogens is 521 g/mol. The van der Waals surface area contributed by atoms with Crippen molar-refractivity contribution in [1.82, 2.24) is 5.43 Å². The number of ether oxygens (including phenoxy) is 1. The van der Waals surface area contributed by atoms with E-state index in [9.17, 15) is 18.8 Å². The van der Waals surface area contributed by atoms with Gasteiger partial charge in [-0.2, -0.15) is 5.10 Å². The zero-order valence-electron chi connectivity index (χ0n) is 22.0. The van der Waals surface area contributed by atoms with Crippen molar-refractivity contribution in [2.75, 3.05) is 12.0 Å². The van der Waals surface area contributed by atoms with Crippen molar-refractivity contribution in [2.45, 2.75) is 11.3 Å². The summed E-state index contributed by atoms with van der Waals surface area (Å²) in [5, 5.41) is 4.42. The highest BCUT2D eigenvalue weighted by Crippen LogP contribution is 2.63. The van der Waals surface area contributed by atoms with Gasteiger partial charge in [0.05, 0.1) is 30.0 Å². The average Bonchev–Trinajstić information content (AvgIpc) is 3.28. The minimum atomic E-state index is -1.13. The Hall–Kier alpha value is -5.11. The molecule has 0 radical (unpaired) electrons. The number of hydrogen-bond acceptors (Lipinski definition) is 5. The second kappa shape index (κ2) is 9.23. The summed E-state index contributed by atoms with van der Waals surface area (Å²) in [6.07, 6.45) is 1.61. The molecule has 1 N–H and O–H groups in total. The van der Waals surface area contributed by atoms with E-state index in [1.807, 2.05) is 48.5 Å². The first-order chi connectivity index (χ1) is 20.0. The average molecular weight is 546 g/mol. The molecule has 3 aliphatic carbocycles. The molecule has 0 saturated carbocycles. The maximum Gasteiger partial charge on any atom is 0.271 e. The number of nitrogens with zero attached hydrogens (tertiary/aromatic N) is 2. The van der Waals surface area contributed by atoms with Crippen molar-refractivity contribution in [3.05, 3.63) is 131 Å². The quantitative estimate of drug-likeness (QED) is 0.222. The Morgan fingerprint density at radius 3 is 2.22 bits per heavy atom. The first-order valence-corrected chi connectivity index (χ1v) is 13.3. The highest BCUT2D eigenvalue weighted by molar-refractivity contribution is 6.25. The number of nitrogens with one attached hydrogen (secondary N) is 1. The van der Waals surface area contributed by atoms with E-state index >= 15 is 0 Å². The van der Waals surface area contributed by atoms with Gasteiger partial charge in [-0.15, -0.1) is 0 Å². The Morgan fingerprint density at radius 1 is 0.902 bits per heavy atom. The standard InChI is InChI=1S/C33H24FN3O4/c1-41-22-8-6-7-19(17-22)30(38)36-35-18-33-25-11-4-2-9-23(25)27(24-10-3-5-12-26(24)33)28-29(33)32(40)37(31(28)39)21-15-13-20(34)14-16-21/h2-18,27-29H,1H3,(H,36,38)/b35-18-/t27?,28-,29+,33?/m1/s1. The molecule has 202 valence electrons. The maximum absolute atomic E-state index is 14.3. The number of carbonyl (C=O) groups is 3. The van der Waals surface area contributed by atoms with Crippen LogP contribution in [0.15, 0.2) is 102 Å². The molecule has 8 heteroatoms. The van der Waals surface area contributed by atoms with Gasteiger partial charge in [0.15, 0.2) is 0 Å². The van der Waals surface area contributed by atoms with Gasteiger partial charge < -0.3 is 4.74 Å². The Morgan fingerprint density at radius 2 is 1.56 bits per heavy atom. The number of carbonyl (C=O) groups excluding carboxylic acids is 3. The Balaban J connectivity index is 1.38. The minimum Gasteiger partial charge on any atom is -0.497 e. The molecule has 4 aliphatic rings. The Bertz CT molecular complexity index is 1720. The third-order valence-corrected chi connectivity index (χ3v) is 8.53. The second-order valence-corrected chi connectivity index (χ2v) is 10.4. The van der Waals surface area contributed by atoms with Gasteiger partial charge in [-0.05, 0) is 64.7 Å². The lowest BCUT2D eigenvalue weighted by Gasteiger charge is -2.52. The molecule has 0 unspecified atom stereocenters. The third-order valence-electron chi connectivity index (χ3n) is 8.53. The molecule has 0 aromatic heterocycles. The molecule has 1 saturated heterocycles. The topological polar surface area (TPSA) is 88.1 Å². The number of methoxy groups -OCH3 is 1. The molecule has 7 nitrogen and oxygen atoms in total. The van der Waals surface area contributed by atoms with Gasteiger partial charge in [0.2, 0.25) is 11.8 Å². The lowest BCUT2D eigenvalue weighted by molar-refractivity contribution is -0.122. The van der Waals surface area contributed by atoms with E-state index in [0.717, 1.165) is 22.3 Å². The maximum atomic E-state index is 14.3. The number of benzene rings is 4. The predicted octanol–water partition coefficient (Wildman–Crippen LogP) is 4.80. The first kappa shape index (κ1) is 24.9. The van der Waals surface area contributed by atoms with Crippen molar-refractivity contribution < 1.29 is 23.5 Å². The van der Waals surface area contributed by atoms with E-state index in [1.165, 1.54) is 36.3 Å². The predicted molar refractivity (Wildman–Crippen MR) is 150 cm³/mol. The molecule has 8 rings (SSSR count). The number of hydrazone groups is 1. The third kappa shape index (κ3) is 3.50. The molecular formula is C33H24FN3O4. The number of imide groups is 1. The van der Waals surface area contributed by atoms with Crippen molar-refractivity contribution in [3.8, 4) is 5.75 Å². The van der Waals surface area contributed by atoms with Crippen LogP contribution in [0.3, 0.4) is 0 Å². The van der Waals surface area contributed by atoms with Crippen LogP contribution < -0.4 is 15.1 Å². The van der Waals surface area contributed by atoms with Gasteiger partial charge in [-0.25, -0.2) is 14.7 Å². The summed E-state index contributed by atoms with van der Waals surface area (Å²) in [5.41, 5.74) is 5.79. The van der Waals surface area contributed by atoms with Crippen LogP contribution in [0.5, 0.6) is 5.75 Å². The van der Waals surface area contributed by atoms with Crippen LogP contribution in [-0.2, 0) is 15.0 Å². The first-order valence-electron chi connectivity index (χ1n) is 13.3. The van der Waals surface area contributed by atoms with E-state index < -0.39 is 29.0 Å². The minimum absolute atomic E-state index is 0.321. The van der Waals surface area contributed by atoms with Crippen LogP contribution in [0.25, 0.3) is 0 Å². The summed E-state index contributed by atoms with van der Waals surface area (Å²) in [7, 11) is 1.52. The molecule has 2 atom stereocenters. The van der Waals surface area contributed by atoms with Crippen LogP contribution >= 0.6 is 0 Å². The summed E-state index contributed by atoms with van der Waals surface area (Å²) in [4.78, 5) is 42.6. The van der Waals surface area contributed by atoms with E-state index in [-0.39, 0.29) is 17.7 Å². The van der Waals surface area contributed by atoms with Gasteiger partial charge in [0.25, 0.3) is 5.91 Å². The summed E-state index contributed by atoms with van der Waals surface area (Å²) >= 11 is 0. The van der Waals surface area contributed by atoms with Crippen molar-refractivity contribution in [2.24, 2.45) is 16.9 Å². The fourth-order valence-electron chi connectivity index (χ4n) is 6.92. The molecule has 1 aliphatic heterocycles. The summed E-state index contributed by atoms with van der Waals surface area (Å²) in [5.74, 6) is -2.93. The Kier molecular flexibility index (Phi) is 5.61. The fraction of sp³-hybridized carbons (Fsp3) is 0.152. The van der Waals surface area contributed by atoms with Gasteiger partial charge in [0.1, 0.15) is 11.6 Å². The smallest absolute Gasteiger partial charge is 0.271 e. The van der Waals surface area contributed by atoms with E-state index in [0.29, 0.717) is 17.0 Å². The van der Waals surface area contributed by atoms with Crippen LogP contribution in [0, 0.1) is 17.7 Å². The summed E-state index contributed by atoms with van der Waals surface area (Å²) in [6, 6.07) is 27.6. The highest BCUT2D eigenvalue weighted by Gasteiger charge is 2.68. The number of rotatable bonds is 5. The van der Waals surface area contributed by atoms with E-state index in [4.69, 9.17) is 4.74 Å². The van der Waals surface area contributed by atoms with Crippen molar-refractivity contribution in [1.29, 1.82) is 0 Å². The van der Waals surface area contributed by atoms with E-state index in [1.54, 1.807) is 30.5 Å². The zero-order valence-corrected chi connectivity index (χ0v) is 22.0. The molecule has 4 aromatic rings. The number of halogens is 1. The van der Waals surface area contributed by atoms with Crippen molar-refractivity contribution >= 4 is 29.6 Å². The van der Waals surface area contributed by atoms with Crippen molar-refractivity contribution in [3.63, 3.8) is 0 Å². The van der Waals surface area contributed by atoms with Gasteiger partial charge in [0, 0.05) is 17.7 Å². The second-order valence-electron chi connectivity index (χ2n) is 10.4. The van der Waals surface area contributed by atoms with Gasteiger partial charge in [-0.3, -0.25) is 14.4 Å². The molecule has 3 amide bonds. The van der Waals surface area contributed by atoms with Crippen LogP contribution in [0.1, 0.15) is 38.5 Å². The highest BCUT2D eigenvalue weighted by atomic mass is 19.1. The molecule has 4 aromatic carbocycles. The van der Waals surface area contributed by atoms with Gasteiger partial charge >= 0.3 is 0 Å². The van der Waals surface area contributed by atoms with Crippen LogP contribution in [-0.4, -0.2) is 31.0 Å². The summed E-state index contributed by atoms with van der Waals surface area (Å²) < 4.78 is 19.0. The fourth-order valence-corrected chi connectivity index (χ4v) is 6.92. The Labute approximate surface area is 235 Å². The monoisotopic (exact) mass is 545 g/mol. The molecule has 2 bridgehead atoms. The number of anilines is 1. The molecule has 1 heterocycles. The lowest BCUT2D eigenvalue weighted by atomic mass is 9.47. The normalized spacial score (nSPS) is 23.8. The van der Waals surface area contributed by atoms with Crippen LogP contribution in [0.4, 0.5) is 10.1 Å². The van der Waals surface area contributed by atoms with Crippen LogP contribution in [0.2, 0.25) is 0 Å². The zero-order chi connectivity index (χ0) is 28.3. The van der Waals surface area contributed by atoms with E-state index in [2.05, 4.69) is 10.5 Å². The number of amides is 3. The molecule has 1 fully saturated rings. The number of hydrogen-bond donors (Lipinski definition) is 1. The largest absolute Gasteiger partial charge is 0.497 e. The lowest BCUT2D eigenvalue weighted by Crippen LogP contribution is -2.54. The molecule has 0 spiro atoms. The molecule has 41 heavy (non-hydrogen) atoms.